The van der Waals surface area contributed by atoms with Crippen LogP contribution in [0.1, 0.15) is 5.56 Å². The van der Waals surface area contributed by atoms with Gasteiger partial charge in [-0.1, -0.05) is 6.08 Å². The quantitative estimate of drug-likeness (QED) is 0.380. The summed E-state index contributed by atoms with van der Waals surface area (Å²) in [5.74, 6) is -0.413. The van der Waals surface area contributed by atoms with Crippen LogP contribution >= 0.6 is 12.2 Å². The van der Waals surface area contributed by atoms with E-state index in [9.17, 15) is 9.59 Å². The summed E-state index contributed by atoms with van der Waals surface area (Å²) < 4.78 is 5.37. The highest BCUT2D eigenvalue weighted by Gasteiger charge is 2.32. The molecule has 0 spiro atoms. The molecule has 7 heteroatoms. The van der Waals surface area contributed by atoms with Crippen molar-refractivity contribution in [1.29, 1.82) is 0 Å². The Morgan fingerprint density at radius 3 is 2.67 bits per heavy atom. The predicted molar refractivity (Wildman–Crippen MR) is 97.9 cm³/mol. The first-order valence-electron chi connectivity index (χ1n) is 7.24. The van der Waals surface area contributed by atoms with Gasteiger partial charge in [0.25, 0.3) is 11.8 Å². The Morgan fingerprint density at radius 2 is 2.08 bits per heavy atom. The molecular weight excluding hydrogens is 326 g/mol. The zero-order valence-electron chi connectivity index (χ0n) is 13.8. The second-order valence-corrected chi connectivity index (χ2v) is 5.73. The van der Waals surface area contributed by atoms with E-state index in [0.29, 0.717) is 11.3 Å². The minimum absolute atomic E-state index is 0.00125. The van der Waals surface area contributed by atoms with Gasteiger partial charge in [-0.05, 0) is 30.4 Å². The van der Waals surface area contributed by atoms with E-state index in [1.165, 1.54) is 11.0 Å². The van der Waals surface area contributed by atoms with Gasteiger partial charge in [0.2, 0.25) is 0 Å². The number of thiocarbonyl (C=S) groups is 1. The molecule has 0 atom stereocenters. The molecule has 6 nitrogen and oxygen atoms in total. The molecule has 1 aromatic carbocycles. The summed E-state index contributed by atoms with van der Waals surface area (Å²) in [5.41, 5.74) is 1.58. The van der Waals surface area contributed by atoms with E-state index in [1.54, 1.807) is 19.3 Å². The topological polar surface area (TPSA) is 61.9 Å². The maximum Gasteiger partial charge on any atom is 0.265 e. The van der Waals surface area contributed by atoms with Crippen LogP contribution in [0.2, 0.25) is 0 Å². The van der Waals surface area contributed by atoms with Crippen LogP contribution in [-0.4, -0.2) is 49.6 Å². The minimum atomic E-state index is -0.524. The van der Waals surface area contributed by atoms with Crippen LogP contribution < -0.4 is 15.0 Å². The van der Waals surface area contributed by atoms with E-state index in [1.807, 2.05) is 31.1 Å². The molecule has 0 unspecified atom stereocenters. The van der Waals surface area contributed by atoms with Crippen molar-refractivity contribution in [3.8, 4) is 5.75 Å². The van der Waals surface area contributed by atoms with Crippen LogP contribution in [-0.2, 0) is 9.59 Å². The smallest absolute Gasteiger partial charge is 0.265 e. The van der Waals surface area contributed by atoms with Gasteiger partial charge in [0.05, 0.1) is 7.11 Å². The molecule has 1 N–H and O–H groups in total. The summed E-state index contributed by atoms with van der Waals surface area (Å²) >= 11 is 5.03. The molecule has 0 saturated carbocycles. The third kappa shape index (κ3) is 3.46. The number of benzene rings is 1. The number of hydrogen-bond acceptors (Lipinski definition) is 5. The van der Waals surface area contributed by atoms with Gasteiger partial charge in [0, 0.05) is 38.0 Å². The van der Waals surface area contributed by atoms with E-state index in [0.717, 1.165) is 5.69 Å². The summed E-state index contributed by atoms with van der Waals surface area (Å²) in [7, 11) is 5.37. The number of rotatable bonds is 5. The van der Waals surface area contributed by atoms with Crippen molar-refractivity contribution in [2.75, 3.05) is 32.6 Å². The molecule has 24 heavy (non-hydrogen) atoms. The maximum atomic E-state index is 12.5. The molecule has 2 rings (SSSR count). The highest BCUT2D eigenvalue weighted by molar-refractivity contribution is 7.80. The van der Waals surface area contributed by atoms with Gasteiger partial charge in [0.15, 0.2) is 5.11 Å². The number of carbonyl (C=O) groups excluding carboxylic acids is 2. The fourth-order valence-corrected chi connectivity index (χ4v) is 2.49. The first-order chi connectivity index (χ1) is 11.4. The van der Waals surface area contributed by atoms with Crippen LogP contribution in [0.4, 0.5) is 5.69 Å². The first-order valence-corrected chi connectivity index (χ1v) is 7.65. The minimum Gasteiger partial charge on any atom is -0.496 e. The number of nitrogens with one attached hydrogen (secondary N) is 1. The molecule has 1 aromatic rings. The first kappa shape index (κ1) is 17.7. The third-order valence-corrected chi connectivity index (χ3v) is 3.85. The SMILES string of the molecule is C=CCN1C(=O)/C(=C/c2ccc(N(C)C)cc2OC)C(=O)NC1=S. The van der Waals surface area contributed by atoms with E-state index >= 15 is 0 Å². The number of methoxy groups -OCH3 is 1. The monoisotopic (exact) mass is 345 g/mol. The molecule has 1 heterocycles. The number of nitrogens with zero attached hydrogens (tertiary/aromatic N) is 2. The lowest BCUT2D eigenvalue weighted by Crippen LogP contribution is -2.53. The van der Waals surface area contributed by atoms with Gasteiger partial charge in [-0.25, -0.2) is 0 Å². The second kappa shape index (κ2) is 7.27. The highest BCUT2D eigenvalue weighted by Crippen LogP contribution is 2.27. The summed E-state index contributed by atoms with van der Waals surface area (Å²) in [6.45, 7) is 3.82. The zero-order valence-corrected chi connectivity index (χ0v) is 14.6. The van der Waals surface area contributed by atoms with Gasteiger partial charge in [-0.2, -0.15) is 0 Å². The number of hydrogen-bond donors (Lipinski definition) is 1. The molecule has 1 fully saturated rings. The number of anilines is 1. The number of carbonyl (C=O) groups is 2. The fourth-order valence-electron chi connectivity index (χ4n) is 2.24. The average Bonchev–Trinajstić information content (AvgIpc) is 2.55. The molecule has 1 aliphatic heterocycles. The molecule has 0 aromatic heterocycles. The van der Waals surface area contributed by atoms with Gasteiger partial charge >= 0.3 is 0 Å². The fraction of sp³-hybridized carbons (Fsp3) is 0.235. The summed E-state index contributed by atoms with van der Waals surface area (Å²) in [4.78, 5) is 27.9. The van der Waals surface area contributed by atoms with E-state index in [2.05, 4.69) is 11.9 Å². The lowest BCUT2D eigenvalue weighted by Gasteiger charge is -2.27. The Kier molecular flexibility index (Phi) is 5.35. The lowest BCUT2D eigenvalue weighted by molar-refractivity contribution is -0.128. The molecule has 126 valence electrons. The normalized spacial score (nSPS) is 16.2. The molecular formula is C17H19N3O3S. The van der Waals surface area contributed by atoms with Crippen molar-refractivity contribution in [3.63, 3.8) is 0 Å². The Balaban J connectivity index is 2.45. The van der Waals surface area contributed by atoms with Crippen LogP contribution in [0.25, 0.3) is 6.08 Å². The van der Waals surface area contributed by atoms with Crippen LogP contribution in [0.15, 0.2) is 36.4 Å². The number of amides is 2. The largest absolute Gasteiger partial charge is 0.496 e. The van der Waals surface area contributed by atoms with E-state index in [-0.39, 0.29) is 17.2 Å². The molecule has 2 amide bonds. The van der Waals surface area contributed by atoms with Crippen molar-refractivity contribution >= 4 is 40.9 Å². The van der Waals surface area contributed by atoms with Crippen molar-refractivity contribution in [1.82, 2.24) is 10.2 Å². The third-order valence-electron chi connectivity index (χ3n) is 3.53. The van der Waals surface area contributed by atoms with Crippen molar-refractivity contribution in [3.05, 3.63) is 42.0 Å². The summed E-state index contributed by atoms with van der Waals surface area (Å²) in [6.07, 6.45) is 3.06. The van der Waals surface area contributed by atoms with E-state index in [4.69, 9.17) is 17.0 Å². The predicted octanol–water partition coefficient (Wildman–Crippen LogP) is 1.57. The van der Waals surface area contributed by atoms with Gasteiger partial charge in [-0.3, -0.25) is 19.8 Å². The van der Waals surface area contributed by atoms with Gasteiger partial charge in [-0.15, -0.1) is 6.58 Å². The Bertz CT molecular complexity index is 741. The maximum absolute atomic E-state index is 12.5. The van der Waals surface area contributed by atoms with Crippen molar-refractivity contribution in [2.45, 2.75) is 0 Å². The number of ether oxygens (including phenoxy) is 1. The average molecular weight is 345 g/mol. The van der Waals surface area contributed by atoms with E-state index < -0.39 is 11.8 Å². The van der Waals surface area contributed by atoms with Crippen LogP contribution in [0.5, 0.6) is 5.75 Å². The lowest BCUT2D eigenvalue weighted by atomic mass is 10.1. The molecule has 0 aliphatic carbocycles. The van der Waals surface area contributed by atoms with Crippen molar-refractivity contribution in [2.24, 2.45) is 0 Å². The molecule has 1 saturated heterocycles. The highest BCUT2D eigenvalue weighted by atomic mass is 32.1. The molecule has 0 bridgehead atoms. The Hall–Kier alpha value is -2.67. The van der Waals surface area contributed by atoms with Crippen LogP contribution in [0.3, 0.4) is 0 Å². The molecule has 0 radical (unpaired) electrons. The summed E-state index contributed by atoms with van der Waals surface area (Å²) in [6, 6.07) is 5.52. The zero-order chi connectivity index (χ0) is 17.9. The molecule has 1 aliphatic rings. The second-order valence-electron chi connectivity index (χ2n) is 5.34. The van der Waals surface area contributed by atoms with Crippen molar-refractivity contribution < 1.29 is 14.3 Å². The van der Waals surface area contributed by atoms with Crippen LogP contribution in [0, 0.1) is 0 Å². The van der Waals surface area contributed by atoms with Gasteiger partial charge in [0.1, 0.15) is 11.3 Å². The Morgan fingerprint density at radius 1 is 1.38 bits per heavy atom. The van der Waals surface area contributed by atoms with Gasteiger partial charge < -0.3 is 9.64 Å². The Labute approximate surface area is 146 Å². The summed E-state index contributed by atoms with van der Waals surface area (Å²) in [5, 5.41) is 2.60. The standard InChI is InChI=1S/C17H19N3O3S/c1-5-8-20-16(22)13(15(21)18-17(20)24)9-11-6-7-12(19(2)3)10-14(11)23-4/h5-7,9-10H,1,8H2,2-4H3,(H,18,21,24)/b13-9+.